The number of unbranched alkanes of at least 4 members (excludes halogenated alkanes) is 1. The quantitative estimate of drug-likeness (QED) is 0.793. The van der Waals surface area contributed by atoms with E-state index in [0.717, 1.165) is 19.3 Å². The van der Waals surface area contributed by atoms with Crippen molar-refractivity contribution in [1.82, 2.24) is 0 Å². The average Bonchev–Trinajstić information content (AvgIpc) is 2.44. The van der Waals surface area contributed by atoms with Gasteiger partial charge in [-0.25, -0.2) is 4.79 Å². The maximum atomic E-state index is 12.0. The van der Waals surface area contributed by atoms with Gasteiger partial charge in [-0.3, -0.25) is 4.79 Å². The Bertz CT molecular complexity index is 655. The van der Waals surface area contributed by atoms with Crippen molar-refractivity contribution in [3.8, 4) is 0 Å². The van der Waals surface area contributed by atoms with Crippen LogP contribution < -0.4 is 5.43 Å². The number of methoxy groups -OCH3 is 1. The number of rotatable bonds is 4. The van der Waals surface area contributed by atoms with Crippen LogP contribution in [-0.2, 0) is 11.2 Å². The number of carbonyl (C=O) groups is 1. The molecule has 4 nitrogen and oxygen atoms in total. The number of benzene rings is 1. The molecule has 1 aromatic carbocycles. The number of ether oxygens (including phenoxy) is 1. The summed E-state index contributed by atoms with van der Waals surface area (Å²) in [4.78, 5) is 23.4. The first-order chi connectivity index (χ1) is 9.15. The Morgan fingerprint density at radius 2 is 2.11 bits per heavy atom. The molecule has 4 heteroatoms. The van der Waals surface area contributed by atoms with Gasteiger partial charge in [0.2, 0.25) is 0 Å². The highest BCUT2D eigenvalue weighted by molar-refractivity contribution is 5.93. The fraction of sp³-hybridized carbons (Fsp3) is 0.333. The fourth-order valence-electron chi connectivity index (χ4n) is 1.93. The minimum absolute atomic E-state index is 0.127. The Labute approximate surface area is 111 Å². The molecule has 0 saturated carbocycles. The summed E-state index contributed by atoms with van der Waals surface area (Å²) < 4.78 is 10.3. The van der Waals surface area contributed by atoms with Crippen LogP contribution >= 0.6 is 0 Å². The van der Waals surface area contributed by atoms with Gasteiger partial charge in [-0.1, -0.05) is 13.3 Å². The SMILES string of the molecule is CCCCc1cc(=O)c2cc(C(=O)OC)ccc2o1. The highest BCUT2D eigenvalue weighted by Crippen LogP contribution is 2.16. The van der Waals surface area contributed by atoms with E-state index in [-0.39, 0.29) is 5.43 Å². The van der Waals surface area contributed by atoms with Gasteiger partial charge in [0.25, 0.3) is 0 Å². The molecule has 0 amide bonds. The van der Waals surface area contributed by atoms with Gasteiger partial charge in [0.05, 0.1) is 18.1 Å². The molecule has 1 heterocycles. The second-order valence-corrected chi connectivity index (χ2v) is 4.38. The lowest BCUT2D eigenvalue weighted by Crippen LogP contribution is -2.06. The summed E-state index contributed by atoms with van der Waals surface area (Å²) in [5.74, 6) is 0.224. The van der Waals surface area contributed by atoms with Crippen molar-refractivity contribution in [3.05, 3.63) is 45.8 Å². The molecule has 0 radical (unpaired) electrons. The highest BCUT2D eigenvalue weighted by Gasteiger charge is 2.10. The molecular formula is C15H16O4. The molecule has 19 heavy (non-hydrogen) atoms. The Balaban J connectivity index is 2.48. The predicted octanol–water partition coefficient (Wildman–Crippen LogP) is 2.92. The smallest absolute Gasteiger partial charge is 0.337 e. The average molecular weight is 260 g/mol. The largest absolute Gasteiger partial charge is 0.465 e. The molecule has 0 aliphatic rings. The monoisotopic (exact) mass is 260 g/mol. The third-order valence-electron chi connectivity index (χ3n) is 2.98. The van der Waals surface area contributed by atoms with Crippen LogP contribution in [0.15, 0.2) is 33.5 Å². The number of hydrogen-bond acceptors (Lipinski definition) is 4. The standard InChI is InChI=1S/C15H16O4/c1-3-4-5-11-9-13(16)12-8-10(15(17)18-2)6-7-14(12)19-11/h6-9H,3-5H2,1-2H3. The molecule has 2 aromatic rings. The molecule has 0 bridgehead atoms. The number of fused-ring (bicyclic) bond motifs is 1. The van der Waals surface area contributed by atoms with Gasteiger partial charge in [0.15, 0.2) is 5.43 Å². The molecule has 1 aromatic heterocycles. The fourth-order valence-corrected chi connectivity index (χ4v) is 1.93. The molecule has 0 saturated heterocycles. The van der Waals surface area contributed by atoms with E-state index in [9.17, 15) is 9.59 Å². The molecule has 0 aliphatic carbocycles. The molecule has 0 unspecified atom stereocenters. The van der Waals surface area contributed by atoms with E-state index in [1.54, 1.807) is 12.1 Å². The van der Waals surface area contributed by atoms with Gasteiger partial charge in [-0.05, 0) is 24.6 Å². The summed E-state index contributed by atoms with van der Waals surface area (Å²) in [7, 11) is 1.31. The van der Waals surface area contributed by atoms with Crippen molar-refractivity contribution in [2.45, 2.75) is 26.2 Å². The first-order valence-corrected chi connectivity index (χ1v) is 6.30. The molecule has 0 N–H and O–H groups in total. The Morgan fingerprint density at radius 1 is 1.32 bits per heavy atom. The van der Waals surface area contributed by atoms with Crippen LogP contribution in [0.3, 0.4) is 0 Å². The summed E-state index contributed by atoms with van der Waals surface area (Å²) in [6.07, 6.45) is 2.78. The van der Waals surface area contributed by atoms with Crippen molar-refractivity contribution >= 4 is 16.9 Å². The van der Waals surface area contributed by atoms with E-state index in [4.69, 9.17) is 4.42 Å². The molecule has 0 atom stereocenters. The van der Waals surface area contributed by atoms with Crippen molar-refractivity contribution in [3.63, 3.8) is 0 Å². The maximum Gasteiger partial charge on any atom is 0.337 e. The molecule has 100 valence electrons. The van der Waals surface area contributed by atoms with Crippen molar-refractivity contribution in [2.24, 2.45) is 0 Å². The topological polar surface area (TPSA) is 56.5 Å². The number of esters is 1. The van der Waals surface area contributed by atoms with Crippen molar-refractivity contribution in [2.75, 3.05) is 7.11 Å². The van der Waals surface area contributed by atoms with Crippen LogP contribution in [0.25, 0.3) is 11.0 Å². The minimum atomic E-state index is -0.462. The maximum absolute atomic E-state index is 12.0. The van der Waals surface area contributed by atoms with E-state index >= 15 is 0 Å². The van der Waals surface area contributed by atoms with Gasteiger partial charge in [-0.2, -0.15) is 0 Å². The Morgan fingerprint density at radius 3 is 2.79 bits per heavy atom. The van der Waals surface area contributed by atoms with Crippen LogP contribution in [0.4, 0.5) is 0 Å². The predicted molar refractivity (Wildman–Crippen MR) is 72.4 cm³/mol. The molecular weight excluding hydrogens is 244 g/mol. The zero-order chi connectivity index (χ0) is 13.8. The lowest BCUT2D eigenvalue weighted by molar-refractivity contribution is 0.0601. The number of aryl methyl sites for hydroxylation is 1. The summed E-state index contributed by atoms with van der Waals surface area (Å²) in [5.41, 5.74) is 0.730. The Kier molecular flexibility index (Phi) is 4.00. The van der Waals surface area contributed by atoms with Crippen LogP contribution in [-0.4, -0.2) is 13.1 Å². The molecule has 2 rings (SSSR count). The third-order valence-corrected chi connectivity index (χ3v) is 2.98. The van der Waals surface area contributed by atoms with Crippen LogP contribution in [0.5, 0.6) is 0 Å². The second-order valence-electron chi connectivity index (χ2n) is 4.38. The van der Waals surface area contributed by atoms with E-state index in [1.807, 2.05) is 0 Å². The van der Waals surface area contributed by atoms with E-state index in [1.165, 1.54) is 19.2 Å². The summed E-state index contributed by atoms with van der Waals surface area (Å²) in [5, 5.41) is 0.406. The first kappa shape index (κ1) is 13.3. The van der Waals surface area contributed by atoms with Crippen LogP contribution in [0, 0.1) is 0 Å². The Hall–Kier alpha value is -2.10. The second kappa shape index (κ2) is 5.69. The van der Waals surface area contributed by atoms with Gasteiger partial charge >= 0.3 is 5.97 Å². The van der Waals surface area contributed by atoms with E-state index < -0.39 is 5.97 Å². The molecule has 0 spiro atoms. The van der Waals surface area contributed by atoms with Crippen molar-refractivity contribution < 1.29 is 13.9 Å². The van der Waals surface area contributed by atoms with Gasteiger partial charge < -0.3 is 9.15 Å². The van der Waals surface area contributed by atoms with Gasteiger partial charge in [0, 0.05) is 12.5 Å². The zero-order valence-corrected chi connectivity index (χ0v) is 11.1. The summed E-state index contributed by atoms with van der Waals surface area (Å²) >= 11 is 0. The normalized spacial score (nSPS) is 10.6. The van der Waals surface area contributed by atoms with E-state index in [0.29, 0.717) is 22.3 Å². The van der Waals surface area contributed by atoms with E-state index in [2.05, 4.69) is 11.7 Å². The lowest BCUT2D eigenvalue weighted by atomic mass is 10.1. The van der Waals surface area contributed by atoms with Gasteiger partial charge in [-0.15, -0.1) is 0 Å². The summed E-state index contributed by atoms with van der Waals surface area (Å²) in [6, 6.07) is 6.24. The van der Waals surface area contributed by atoms with Crippen LogP contribution in [0.2, 0.25) is 0 Å². The number of carbonyl (C=O) groups excluding carboxylic acids is 1. The highest BCUT2D eigenvalue weighted by atomic mass is 16.5. The lowest BCUT2D eigenvalue weighted by Gasteiger charge is -2.04. The minimum Gasteiger partial charge on any atom is -0.465 e. The summed E-state index contributed by atoms with van der Waals surface area (Å²) in [6.45, 7) is 2.09. The zero-order valence-electron chi connectivity index (χ0n) is 11.1. The van der Waals surface area contributed by atoms with Gasteiger partial charge in [0.1, 0.15) is 11.3 Å². The number of hydrogen-bond donors (Lipinski definition) is 0. The van der Waals surface area contributed by atoms with Crippen molar-refractivity contribution in [1.29, 1.82) is 0 Å². The third kappa shape index (κ3) is 2.84. The first-order valence-electron chi connectivity index (χ1n) is 6.30. The molecule has 0 aliphatic heterocycles. The molecule has 0 fully saturated rings. The van der Waals surface area contributed by atoms with Crippen LogP contribution in [0.1, 0.15) is 35.9 Å².